The molecule has 0 aliphatic carbocycles. The number of hydrogen-bond acceptors (Lipinski definition) is 2. The van der Waals surface area contributed by atoms with Gasteiger partial charge >= 0.3 is 0 Å². The van der Waals surface area contributed by atoms with Crippen LogP contribution in [0, 0.1) is 6.92 Å². The normalized spacial score (nSPS) is 10.1. The van der Waals surface area contributed by atoms with Crippen LogP contribution in [-0.2, 0) is 0 Å². The van der Waals surface area contributed by atoms with Crippen LogP contribution in [0.25, 0.3) is 0 Å². The van der Waals surface area contributed by atoms with Crippen molar-refractivity contribution in [3.05, 3.63) is 40.7 Å². The first-order valence-corrected chi connectivity index (χ1v) is 5.89. The van der Waals surface area contributed by atoms with E-state index < -0.39 is 0 Å². The maximum absolute atomic E-state index is 12.2. The van der Waals surface area contributed by atoms with Crippen molar-refractivity contribution in [3.63, 3.8) is 0 Å². The van der Waals surface area contributed by atoms with Crippen molar-refractivity contribution in [2.75, 3.05) is 13.1 Å². The topological polar surface area (TPSA) is 33.2 Å². The highest BCUT2D eigenvalue weighted by molar-refractivity contribution is 6.29. The molecule has 0 aliphatic heterocycles. The number of nitrogens with zero attached hydrogens (tertiary/aromatic N) is 2. The smallest absolute Gasteiger partial charge is 0.254 e. The van der Waals surface area contributed by atoms with E-state index in [0.717, 1.165) is 11.3 Å². The number of aromatic nitrogens is 1. The van der Waals surface area contributed by atoms with Gasteiger partial charge in [0.2, 0.25) is 0 Å². The maximum Gasteiger partial charge on any atom is 0.254 e. The van der Waals surface area contributed by atoms with E-state index in [9.17, 15) is 4.79 Å². The second-order valence-electron chi connectivity index (χ2n) is 4.10. The fourth-order valence-corrected chi connectivity index (χ4v) is 1.84. The molecule has 0 bridgehead atoms. The number of carbonyl (C=O) groups excluding carboxylic acids is 1. The number of amides is 1. The summed E-state index contributed by atoms with van der Waals surface area (Å²) in [6.45, 7) is 10.7. The Labute approximate surface area is 107 Å². The number of carbonyl (C=O) groups is 1. The summed E-state index contributed by atoms with van der Waals surface area (Å²) in [5.41, 5.74) is 2.27. The second kappa shape index (κ2) is 5.82. The van der Waals surface area contributed by atoms with Gasteiger partial charge in [-0.15, -0.1) is 0 Å². The minimum absolute atomic E-state index is 0.0390. The van der Waals surface area contributed by atoms with Gasteiger partial charge in [0.25, 0.3) is 5.91 Å². The second-order valence-corrected chi connectivity index (χ2v) is 4.48. The van der Waals surface area contributed by atoms with Crippen molar-refractivity contribution in [2.45, 2.75) is 20.8 Å². The van der Waals surface area contributed by atoms with Gasteiger partial charge < -0.3 is 4.90 Å². The van der Waals surface area contributed by atoms with Crippen molar-refractivity contribution in [2.24, 2.45) is 0 Å². The Morgan fingerprint density at radius 1 is 1.53 bits per heavy atom. The monoisotopic (exact) mass is 252 g/mol. The van der Waals surface area contributed by atoms with Crippen molar-refractivity contribution >= 4 is 17.5 Å². The van der Waals surface area contributed by atoms with Crippen LogP contribution in [-0.4, -0.2) is 28.9 Å². The Morgan fingerprint density at radius 2 is 2.18 bits per heavy atom. The molecule has 0 fully saturated rings. The minimum atomic E-state index is -0.0390. The van der Waals surface area contributed by atoms with E-state index >= 15 is 0 Å². The third-order valence-electron chi connectivity index (χ3n) is 2.30. The summed E-state index contributed by atoms with van der Waals surface area (Å²) in [6.07, 6.45) is 0. The fourth-order valence-electron chi connectivity index (χ4n) is 1.59. The Morgan fingerprint density at radius 3 is 2.65 bits per heavy atom. The lowest BCUT2D eigenvalue weighted by atomic mass is 10.2. The van der Waals surface area contributed by atoms with E-state index in [2.05, 4.69) is 11.6 Å². The number of rotatable bonds is 4. The number of likely N-dealkylation sites (N-methyl/N-ethyl adjacent to an activating group) is 1. The molecular weight excluding hydrogens is 236 g/mol. The SMILES string of the molecule is C=C(C)CN(CC)C(=O)c1cc(C)nc(Cl)c1. The molecule has 1 rings (SSSR count). The van der Waals surface area contributed by atoms with Crippen LogP contribution in [0.3, 0.4) is 0 Å². The van der Waals surface area contributed by atoms with E-state index in [1.807, 2.05) is 20.8 Å². The van der Waals surface area contributed by atoms with Gasteiger partial charge in [0.15, 0.2) is 0 Å². The lowest BCUT2D eigenvalue weighted by Crippen LogP contribution is -2.32. The summed E-state index contributed by atoms with van der Waals surface area (Å²) in [5, 5.41) is 0.347. The zero-order valence-electron chi connectivity index (χ0n) is 10.5. The molecule has 0 radical (unpaired) electrons. The molecule has 0 atom stereocenters. The molecule has 3 nitrogen and oxygen atoms in total. The number of halogens is 1. The van der Waals surface area contributed by atoms with Crippen LogP contribution in [0.1, 0.15) is 29.9 Å². The van der Waals surface area contributed by atoms with Crippen LogP contribution < -0.4 is 0 Å². The molecule has 17 heavy (non-hydrogen) atoms. The highest BCUT2D eigenvalue weighted by Gasteiger charge is 2.15. The molecule has 1 amide bonds. The van der Waals surface area contributed by atoms with Gasteiger partial charge in [-0.1, -0.05) is 23.8 Å². The first-order valence-electron chi connectivity index (χ1n) is 5.52. The Bertz CT molecular complexity index is 423. The molecule has 1 aromatic heterocycles. The largest absolute Gasteiger partial charge is 0.335 e. The molecule has 0 aromatic carbocycles. The molecule has 0 spiro atoms. The van der Waals surface area contributed by atoms with Gasteiger partial charge in [0.05, 0.1) is 0 Å². The van der Waals surface area contributed by atoms with Crippen LogP contribution in [0.4, 0.5) is 0 Å². The summed E-state index contributed by atoms with van der Waals surface area (Å²) >= 11 is 5.85. The zero-order valence-corrected chi connectivity index (χ0v) is 11.2. The van der Waals surface area contributed by atoms with Crippen LogP contribution in [0.5, 0.6) is 0 Å². The molecule has 0 saturated heterocycles. The van der Waals surface area contributed by atoms with Crippen molar-refractivity contribution in [1.29, 1.82) is 0 Å². The molecular formula is C13H17ClN2O. The predicted octanol–water partition coefficient (Wildman–Crippen LogP) is 3.08. The zero-order chi connectivity index (χ0) is 13.0. The molecule has 1 aromatic rings. The molecule has 0 N–H and O–H groups in total. The van der Waals surface area contributed by atoms with E-state index in [4.69, 9.17) is 11.6 Å². The van der Waals surface area contributed by atoms with E-state index in [1.165, 1.54) is 0 Å². The van der Waals surface area contributed by atoms with Gasteiger partial charge in [-0.25, -0.2) is 4.98 Å². The average molecular weight is 253 g/mol. The van der Waals surface area contributed by atoms with Gasteiger partial charge in [0, 0.05) is 24.3 Å². The quantitative estimate of drug-likeness (QED) is 0.610. The van der Waals surface area contributed by atoms with Crippen LogP contribution in [0.15, 0.2) is 24.3 Å². The predicted molar refractivity (Wildman–Crippen MR) is 70.4 cm³/mol. The summed E-state index contributed by atoms with van der Waals surface area (Å²) in [4.78, 5) is 18.0. The molecule has 0 unspecified atom stereocenters. The minimum Gasteiger partial charge on any atom is -0.335 e. The maximum atomic E-state index is 12.2. The van der Waals surface area contributed by atoms with E-state index in [0.29, 0.717) is 23.8 Å². The third-order valence-corrected chi connectivity index (χ3v) is 2.49. The molecule has 4 heteroatoms. The van der Waals surface area contributed by atoms with Crippen molar-refractivity contribution < 1.29 is 4.79 Å². The number of pyridine rings is 1. The summed E-state index contributed by atoms with van der Waals surface area (Å²) in [6, 6.07) is 3.34. The Hall–Kier alpha value is -1.35. The average Bonchev–Trinajstić information content (AvgIpc) is 2.23. The van der Waals surface area contributed by atoms with Gasteiger partial charge in [-0.05, 0) is 32.9 Å². The Kier molecular flexibility index (Phi) is 4.70. The van der Waals surface area contributed by atoms with Crippen LogP contribution >= 0.6 is 11.6 Å². The van der Waals surface area contributed by atoms with Gasteiger partial charge in [-0.3, -0.25) is 4.79 Å². The summed E-state index contributed by atoms with van der Waals surface area (Å²) < 4.78 is 0. The lowest BCUT2D eigenvalue weighted by molar-refractivity contribution is 0.0778. The first kappa shape index (κ1) is 13.7. The van der Waals surface area contributed by atoms with E-state index in [-0.39, 0.29) is 5.91 Å². The van der Waals surface area contributed by atoms with Gasteiger partial charge in [-0.2, -0.15) is 0 Å². The first-order chi connectivity index (χ1) is 7.93. The van der Waals surface area contributed by atoms with Gasteiger partial charge in [0.1, 0.15) is 5.15 Å². The molecule has 0 aliphatic rings. The lowest BCUT2D eigenvalue weighted by Gasteiger charge is -2.21. The highest BCUT2D eigenvalue weighted by Crippen LogP contribution is 2.13. The highest BCUT2D eigenvalue weighted by atomic mass is 35.5. The van der Waals surface area contributed by atoms with Crippen molar-refractivity contribution in [1.82, 2.24) is 9.88 Å². The van der Waals surface area contributed by atoms with Crippen LogP contribution in [0.2, 0.25) is 5.15 Å². The Balaban J connectivity index is 2.97. The third kappa shape index (κ3) is 3.86. The van der Waals surface area contributed by atoms with E-state index in [1.54, 1.807) is 17.0 Å². The molecule has 92 valence electrons. The molecule has 1 heterocycles. The summed E-state index contributed by atoms with van der Waals surface area (Å²) in [7, 11) is 0. The number of hydrogen-bond donors (Lipinski definition) is 0. The number of aryl methyl sites for hydroxylation is 1. The standard InChI is InChI=1S/C13H17ClN2O/c1-5-16(8-9(2)3)13(17)11-6-10(4)15-12(14)7-11/h6-7H,2,5,8H2,1,3-4H3. The molecule has 0 saturated carbocycles. The fraction of sp³-hybridized carbons (Fsp3) is 0.385. The summed E-state index contributed by atoms with van der Waals surface area (Å²) in [5.74, 6) is -0.0390. The van der Waals surface area contributed by atoms with Crippen molar-refractivity contribution in [3.8, 4) is 0 Å².